The molecule has 2 N–H and O–H groups in total. The molecule has 23 heavy (non-hydrogen) atoms. The smallest absolute Gasteiger partial charge is 0.251 e. The highest BCUT2D eigenvalue weighted by atomic mass is 16.5. The van der Waals surface area contributed by atoms with Crippen molar-refractivity contribution in [2.45, 2.75) is 50.7 Å². The number of rotatable bonds is 5. The molecular formula is C18H26N2O3. The fraction of sp³-hybridized carbons (Fsp3) is 0.611. The molecule has 1 saturated carbocycles. The summed E-state index contributed by atoms with van der Waals surface area (Å²) in [4.78, 5) is 12.4. The topological polar surface area (TPSA) is 59.6 Å². The second-order valence-corrected chi connectivity index (χ2v) is 6.41. The van der Waals surface area contributed by atoms with Crippen molar-refractivity contribution in [3.05, 3.63) is 23.8 Å². The molecule has 1 amide bonds. The molecule has 0 spiro atoms. The number of benzene rings is 1. The number of carbonyl (C=O) groups is 1. The Kier molecular flexibility index (Phi) is 5.39. The van der Waals surface area contributed by atoms with Crippen molar-refractivity contribution in [2.75, 3.05) is 20.2 Å². The van der Waals surface area contributed by atoms with Gasteiger partial charge in [-0.1, -0.05) is 0 Å². The Hall–Kier alpha value is -1.75. The van der Waals surface area contributed by atoms with Gasteiger partial charge in [0, 0.05) is 18.2 Å². The van der Waals surface area contributed by atoms with Crippen molar-refractivity contribution < 1.29 is 14.3 Å². The van der Waals surface area contributed by atoms with Crippen LogP contribution in [0.4, 0.5) is 0 Å². The van der Waals surface area contributed by atoms with Crippen molar-refractivity contribution in [2.24, 2.45) is 0 Å². The summed E-state index contributed by atoms with van der Waals surface area (Å²) in [6.45, 7) is 1.87. The first-order valence-electron chi connectivity index (χ1n) is 8.62. The Labute approximate surface area is 137 Å². The zero-order valence-corrected chi connectivity index (χ0v) is 13.8. The van der Waals surface area contributed by atoms with Crippen molar-refractivity contribution in [1.29, 1.82) is 0 Å². The number of methoxy groups -OCH3 is 1. The molecule has 0 radical (unpaired) electrons. The van der Waals surface area contributed by atoms with Crippen molar-refractivity contribution >= 4 is 5.91 Å². The van der Waals surface area contributed by atoms with E-state index < -0.39 is 0 Å². The zero-order valence-electron chi connectivity index (χ0n) is 13.8. The van der Waals surface area contributed by atoms with E-state index in [0.29, 0.717) is 11.3 Å². The Bertz CT molecular complexity index is 535. The lowest BCUT2D eigenvalue weighted by molar-refractivity contribution is 0.0930. The molecular weight excluding hydrogens is 292 g/mol. The van der Waals surface area contributed by atoms with Crippen LogP contribution < -0.4 is 20.1 Å². The van der Waals surface area contributed by atoms with Crippen LogP contribution >= 0.6 is 0 Å². The SMILES string of the molecule is COc1cc(C(=O)NC2CCCNC2)ccc1OC1CCCC1. The lowest BCUT2D eigenvalue weighted by atomic mass is 10.1. The van der Waals surface area contributed by atoms with Crippen LogP contribution in [0.25, 0.3) is 0 Å². The highest BCUT2D eigenvalue weighted by Crippen LogP contribution is 2.32. The standard InChI is InChI=1S/C18H26N2O3/c1-22-17-11-13(18(21)20-14-5-4-10-19-12-14)8-9-16(17)23-15-6-2-3-7-15/h8-9,11,14-15,19H,2-7,10,12H2,1H3,(H,20,21). The third-order valence-corrected chi connectivity index (χ3v) is 4.65. The molecule has 126 valence electrons. The predicted octanol–water partition coefficient (Wildman–Crippen LogP) is 2.50. The molecule has 2 fully saturated rings. The summed E-state index contributed by atoms with van der Waals surface area (Å²) in [6, 6.07) is 5.65. The first-order chi connectivity index (χ1) is 11.3. The molecule has 1 aromatic carbocycles. The molecule has 1 unspecified atom stereocenters. The van der Waals surface area contributed by atoms with Gasteiger partial charge in [0.2, 0.25) is 0 Å². The van der Waals surface area contributed by atoms with E-state index in [4.69, 9.17) is 9.47 Å². The number of hydrogen-bond acceptors (Lipinski definition) is 4. The summed E-state index contributed by atoms with van der Waals surface area (Å²) < 4.78 is 11.4. The molecule has 2 aliphatic rings. The molecule has 1 aliphatic carbocycles. The summed E-state index contributed by atoms with van der Waals surface area (Å²) in [7, 11) is 1.61. The number of amides is 1. The molecule has 3 rings (SSSR count). The molecule has 0 bridgehead atoms. The Morgan fingerprint density at radius 2 is 2.00 bits per heavy atom. The summed E-state index contributed by atoms with van der Waals surface area (Å²) >= 11 is 0. The van der Waals surface area contributed by atoms with Gasteiger partial charge in [-0.05, 0) is 63.3 Å². The van der Waals surface area contributed by atoms with Crippen molar-refractivity contribution in [3.63, 3.8) is 0 Å². The van der Waals surface area contributed by atoms with Crippen LogP contribution in [-0.2, 0) is 0 Å². The lowest BCUT2D eigenvalue weighted by Gasteiger charge is -2.24. The highest BCUT2D eigenvalue weighted by Gasteiger charge is 2.20. The normalized spacial score (nSPS) is 21.9. The number of hydrogen-bond donors (Lipinski definition) is 2. The van der Waals surface area contributed by atoms with Gasteiger partial charge in [-0.3, -0.25) is 4.79 Å². The van der Waals surface area contributed by atoms with E-state index in [-0.39, 0.29) is 18.1 Å². The van der Waals surface area contributed by atoms with E-state index in [1.165, 1.54) is 12.8 Å². The molecule has 1 heterocycles. The maximum absolute atomic E-state index is 12.4. The average molecular weight is 318 g/mol. The second-order valence-electron chi connectivity index (χ2n) is 6.41. The molecule has 0 aromatic heterocycles. The Morgan fingerprint density at radius 3 is 2.70 bits per heavy atom. The molecule has 1 aliphatic heterocycles. The number of nitrogens with one attached hydrogen (secondary N) is 2. The van der Waals surface area contributed by atoms with Crippen LogP contribution in [0.1, 0.15) is 48.9 Å². The van der Waals surface area contributed by atoms with Gasteiger partial charge in [-0.2, -0.15) is 0 Å². The van der Waals surface area contributed by atoms with Gasteiger partial charge < -0.3 is 20.1 Å². The third kappa shape index (κ3) is 4.16. The van der Waals surface area contributed by atoms with E-state index in [1.54, 1.807) is 13.2 Å². The van der Waals surface area contributed by atoms with Crippen LogP contribution in [0.2, 0.25) is 0 Å². The number of ether oxygens (including phenoxy) is 2. The van der Waals surface area contributed by atoms with Gasteiger partial charge in [0.05, 0.1) is 13.2 Å². The van der Waals surface area contributed by atoms with Gasteiger partial charge in [-0.15, -0.1) is 0 Å². The monoisotopic (exact) mass is 318 g/mol. The van der Waals surface area contributed by atoms with Crippen molar-refractivity contribution in [3.8, 4) is 11.5 Å². The minimum atomic E-state index is -0.0515. The predicted molar refractivity (Wildman–Crippen MR) is 89.2 cm³/mol. The highest BCUT2D eigenvalue weighted by molar-refractivity contribution is 5.95. The van der Waals surface area contributed by atoms with E-state index in [9.17, 15) is 4.79 Å². The number of piperidine rings is 1. The molecule has 1 saturated heterocycles. The van der Waals surface area contributed by atoms with Crippen LogP contribution in [0.15, 0.2) is 18.2 Å². The van der Waals surface area contributed by atoms with Gasteiger partial charge in [0.1, 0.15) is 0 Å². The molecule has 1 atom stereocenters. The molecule has 5 nitrogen and oxygen atoms in total. The minimum Gasteiger partial charge on any atom is -0.493 e. The summed E-state index contributed by atoms with van der Waals surface area (Å²) in [5, 5.41) is 6.39. The molecule has 1 aromatic rings. The minimum absolute atomic E-state index is 0.0515. The second kappa shape index (κ2) is 7.68. The first-order valence-corrected chi connectivity index (χ1v) is 8.62. The number of carbonyl (C=O) groups excluding carboxylic acids is 1. The van der Waals surface area contributed by atoms with Gasteiger partial charge >= 0.3 is 0 Å². The maximum atomic E-state index is 12.4. The molecule has 5 heteroatoms. The summed E-state index contributed by atoms with van der Waals surface area (Å²) in [5.74, 6) is 1.31. The van der Waals surface area contributed by atoms with E-state index in [0.717, 1.165) is 44.5 Å². The van der Waals surface area contributed by atoms with Gasteiger partial charge in [0.15, 0.2) is 11.5 Å². The van der Waals surface area contributed by atoms with E-state index in [2.05, 4.69) is 10.6 Å². The zero-order chi connectivity index (χ0) is 16.1. The largest absolute Gasteiger partial charge is 0.493 e. The van der Waals surface area contributed by atoms with Crippen LogP contribution in [0, 0.1) is 0 Å². The summed E-state index contributed by atoms with van der Waals surface area (Å²) in [6.07, 6.45) is 7.05. The van der Waals surface area contributed by atoms with E-state index >= 15 is 0 Å². The van der Waals surface area contributed by atoms with Crippen LogP contribution in [-0.4, -0.2) is 38.3 Å². The van der Waals surface area contributed by atoms with E-state index in [1.807, 2.05) is 12.1 Å². The fourth-order valence-corrected chi connectivity index (χ4v) is 3.34. The van der Waals surface area contributed by atoms with Crippen LogP contribution in [0.5, 0.6) is 11.5 Å². The lowest BCUT2D eigenvalue weighted by Crippen LogP contribution is -2.45. The fourth-order valence-electron chi connectivity index (χ4n) is 3.34. The quantitative estimate of drug-likeness (QED) is 0.876. The van der Waals surface area contributed by atoms with Gasteiger partial charge in [0.25, 0.3) is 5.91 Å². The van der Waals surface area contributed by atoms with Crippen LogP contribution in [0.3, 0.4) is 0 Å². The first kappa shape index (κ1) is 16.1. The average Bonchev–Trinajstić information content (AvgIpc) is 3.09. The van der Waals surface area contributed by atoms with Gasteiger partial charge in [-0.25, -0.2) is 0 Å². The maximum Gasteiger partial charge on any atom is 0.251 e. The Morgan fingerprint density at radius 1 is 1.17 bits per heavy atom. The summed E-state index contributed by atoms with van der Waals surface area (Å²) in [5.41, 5.74) is 0.617. The van der Waals surface area contributed by atoms with Crippen molar-refractivity contribution in [1.82, 2.24) is 10.6 Å². The third-order valence-electron chi connectivity index (χ3n) is 4.65. The Balaban J connectivity index is 1.66.